The van der Waals surface area contributed by atoms with E-state index in [0.29, 0.717) is 13.2 Å². The average Bonchev–Trinajstić information content (AvgIpc) is 2.44. The molecular weight excluding hydrogens is 240 g/mol. The van der Waals surface area contributed by atoms with E-state index in [4.69, 9.17) is 15.2 Å². The maximum atomic E-state index is 5.89. The predicted octanol–water partition coefficient (Wildman–Crippen LogP) is 2.56. The Bertz CT molecular complexity index is 327. The van der Waals surface area contributed by atoms with Gasteiger partial charge >= 0.3 is 0 Å². The highest BCUT2D eigenvalue weighted by Crippen LogP contribution is 2.10. The van der Waals surface area contributed by atoms with Crippen LogP contribution in [0, 0.1) is 0 Å². The van der Waals surface area contributed by atoms with Gasteiger partial charge in [-0.1, -0.05) is 20.3 Å². The Hall–Kier alpha value is -1.13. The molecule has 0 saturated carbocycles. The highest BCUT2D eigenvalue weighted by Gasteiger charge is 2.03. The molecule has 1 atom stereocenters. The van der Waals surface area contributed by atoms with Gasteiger partial charge in [-0.05, 0) is 25.0 Å². The van der Waals surface area contributed by atoms with Gasteiger partial charge in [0, 0.05) is 24.8 Å². The summed E-state index contributed by atoms with van der Waals surface area (Å²) in [5.74, 6) is 0.785. The Labute approximate surface area is 116 Å². The van der Waals surface area contributed by atoms with Gasteiger partial charge in [-0.2, -0.15) is 0 Å². The lowest BCUT2D eigenvalue weighted by Crippen LogP contribution is -2.21. The number of hydrogen-bond acceptors (Lipinski definition) is 4. The summed E-state index contributed by atoms with van der Waals surface area (Å²) in [7, 11) is 0. The molecule has 1 heterocycles. The topological polar surface area (TPSA) is 57.4 Å². The van der Waals surface area contributed by atoms with E-state index in [2.05, 4.69) is 18.8 Å². The molecule has 1 aromatic rings. The van der Waals surface area contributed by atoms with E-state index < -0.39 is 0 Å². The molecule has 0 bridgehead atoms. The molecule has 0 aliphatic carbocycles. The lowest BCUT2D eigenvalue weighted by atomic mass is 10.1. The fourth-order valence-electron chi connectivity index (χ4n) is 1.60. The molecule has 4 nitrogen and oxygen atoms in total. The molecule has 4 heteroatoms. The van der Waals surface area contributed by atoms with Crippen LogP contribution in [0.4, 0.5) is 0 Å². The molecular formula is C15H26N2O2. The highest BCUT2D eigenvalue weighted by molar-refractivity contribution is 5.20. The van der Waals surface area contributed by atoms with Crippen LogP contribution in [0.25, 0.3) is 0 Å². The quantitative estimate of drug-likeness (QED) is 0.661. The number of ether oxygens (including phenoxy) is 2. The molecule has 108 valence electrons. The third kappa shape index (κ3) is 7.13. The van der Waals surface area contributed by atoms with Crippen LogP contribution in [0.2, 0.25) is 0 Å². The van der Waals surface area contributed by atoms with Gasteiger partial charge in [0.05, 0.1) is 12.8 Å². The van der Waals surface area contributed by atoms with Gasteiger partial charge in [-0.25, -0.2) is 0 Å². The molecule has 1 rings (SSSR count). The Morgan fingerprint density at radius 1 is 1.21 bits per heavy atom. The number of nitrogens with two attached hydrogens (primary N) is 1. The van der Waals surface area contributed by atoms with Crippen LogP contribution >= 0.6 is 0 Å². The molecule has 1 unspecified atom stereocenters. The number of aromatic nitrogens is 1. The molecule has 0 aliphatic heterocycles. The van der Waals surface area contributed by atoms with Crippen LogP contribution in [0.15, 0.2) is 18.3 Å². The number of pyridine rings is 1. The second-order valence-electron chi connectivity index (χ2n) is 4.67. The van der Waals surface area contributed by atoms with Gasteiger partial charge in [0.25, 0.3) is 0 Å². The van der Waals surface area contributed by atoms with E-state index in [9.17, 15) is 0 Å². The fraction of sp³-hybridized carbons (Fsp3) is 0.667. The largest absolute Gasteiger partial charge is 0.490 e. The molecule has 0 aromatic carbocycles. The van der Waals surface area contributed by atoms with E-state index in [0.717, 1.165) is 43.7 Å². The molecule has 0 saturated heterocycles. The molecule has 0 radical (unpaired) electrons. The average molecular weight is 266 g/mol. The van der Waals surface area contributed by atoms with Crippen molar-refractivity contribution in [1.29, 1.82) is 0 Å². The van der Waals surface area contributed by atoms with E-state index in [1.54, 1.807) is 6.20 Å². The van der Waals surface area contributed by atoms with Crippen molar-refractivity contribution in [3.8, 4) is 5.75 Å². The first-order valence-electron chi connectivity index (χ1n) is 7.17. The normalized spacial score (nSPS) is 12.4. The van der Waals surface area contributed by atoms with Gasteiger partial charge in [0.1, 0.15) is 12.4 Å². The number of nitrogens with zero attached hydrogens (tertiary/aromatic N) is 1. The minimum absolute atomic E-state index is 0.186. The zero-order chi connectivity index (χ0) is 13.9. The highest BCUT2D eigenvalue weighted by atomic mass is 16.5. The molecule has 0 spiro atoms. The van der Waals surface area contributed by atoms with Crippen LogP contribution in [-0.4, -0.2) is 30.8 Å². The van der Waals surface area contributed by atoms with Crippen LogP contribution < -0.4 is 10.5 Å². The molecule has 1 aromatic heterocycles. The van der Waals surface area contributed by atoms with Gasteiger partial charge in [0.2, 0.25) is 0 Å². The first kappa shape index (κ1) is 15.9. The number of rotatable bonds is 10. The Balaban J connectivity index is 2.21. The van der Waals surface area contributed by atoms with Crippen molar-refractivity contribution < 1.29 is 9.47 Å². The summed E-state index contributed by atoms with van der Waals surface area (Å²) in [4.78, 5) is 4.35. The second-order valence-corrected chi connectivity index (χ2v) is 4.67. The zero-order valence-electron chi connectivity index (χ0n) is 12.1. The van der Waals surface area contributed by atoms with E-state index in [-0.39, 0.29) is 6.04 Å². The van der Waals surface area contributed by atoms with Crippen LogP contribution in [0.1, 0.15) is 38.8 Å². The van der Waals surface area contributed by atoms with E-state index >= 15 is 0 Å². The third-order valence-corrected chi connectivity index (χ3v) is 2.93. The minimum atomic E-state index is 0.186. The van der Waals surface area contributed by atoms with E-state index in [1.165, 1.54) is 0 Å². The van der Waals surface area contributed by atoms with Crippen LogP contribution in [0.5, 0.6) is 5.75 Å². The summed E-state index contributed by atoms with van der Waals surface area (Å²) in [6, 6.07) is 4.10. The molecule has 0 aliphatic rings. The van der Waals surface area contributed by atoms with Crippen molar-refractivity contribution in [2.45, 2.75) is 45.6 Å². The first-order valence-corrected chi connectivity index (χ1v) is 7.17. The van der Waals surface area contributed by atoms with Gasteiger partial charge in [-0.3, -0.25) is 4.98 Å². The SMILES string of the molecule is CCCCOCCOc1ccc(CC(N)CC)nc1. The third-order valence-electron chi connectivity index (χ3n) is 2.93. The lowest BCUT2D eigenvalue weighted by molar-refractivity contribution is 0.0979. The number of unbranched alkanes of at least 4 members (excludes halogenated alkanes) is 1. The van der Waals surface area contributed by atoms with Crippen LogP contribution in [-0.2, 0) is 11.2 Å². The maximum absolute atomic E-state index is 5.89. The standard InChI is InChI=1S/C15H26N2O2/c1-3-5-8-18-9-10-19-15-7-6-14(17-12-15)11-13(16)4-2/h6-7,12-13H,3-5,8-11,16H2,1-2H3. The van der Waals surface area contributed by atoms with Gasteiger partial charge in [0.15, 0.2) is 0 Å². The summed E-state index contributed by atoms with van der Waals surface area (Å²) in [5.41, 5.74) is 6.91. The molecule has 2 N–H and O–H groups in total. The Kier molecular flexibility index (Phi) is 8.18. The van der Waals surface area contributed by atoms with Gasteiger partial charge < -0.3 is 15.2 Å². The molecule has 19 heavy (non-hydrogen) atoms. The second kappa shape index (κ2) is 9.75. The van der Waals surface area contributed by atoms with Gasteiger partial charge in [-0.15, -0.1) is 0 Å². The minimum Gasteiger partial charge on any atom is -0.490 e. The van der Waals surface area contributed by atoms with Crippen LogP contribution in [0.3, 0.4) is 0 Å². The summed E-state index contributed by atoms with van der Waals surface area (Å²) in [6.45, 7) is 6.24. The summed E-state index contributed by atoms with van der Waals surface area (Å²) < 4.78 is 11.0. The fourth-order valence-corrected chi connectivity index (χ4v) is 1.60. The number of hydrogen-bond donors (Lipinski definition) is 1. The monoisotopic (exact) mass is 266 g/mol. The summed E-state index contributed by atoms with van der Waals surface area (Å²) >= 11 is 0. The van der Waals surface area contributed by atoms with Crippen molar-refractivity contribution in [2.75, 3.05) is 19.8 Å². The van der Waals surface area contributed by atoms with Crippen molar-refractivity contribution in [2.24, 2.45) is 5.73 Å². The maximum Gasteiger partial charge on any atom is 0.137 e. The smallest absolute Gasteiger partial charge is 0.137 e. The summed E-state index contributed by atoms with van der Waals surface area (Å²) in [5, 5.41) is 0. The lowest BCUT2D eigenvalue weighted by Gasteiger charge is -2.09. The Morgan fingerprint density at radius 3 is 2.68 bits per heavy atom. The molecule has 0 fully saturated rings. The van der Waals surface area contributed by atoms with Crippen molar-refractivity contribution in [1.82, 2.24) is 4.98 Å². The van der Waals surface area contributed by atoms with Crippen molar-refractivity contribution in [3.63, 3.8) is 0 Å². The van der Waals surface area contributed by atoms with Crippen molar-refractivity contribution in [3.05, 3.63) is 24.0 Å². The van der Waals surface area contributed by atoms with E-state index in [1.807, 2.05) is 12.1 Å². The Morgan fingerprint density at radius 2 is 2.05 bits per heavy atom. The van der Waals surface area contributed by atoms with Crippen molar-refractivity contribution >= 4 is 0 Å². The first-order chi connectivity index (χ1) is 9.26. The molecule has 0 amide bonds. The summed E-state index contributed by atoms with van der Waals surface area (Å²) in [6.07, 6.45) is 5.80. The predicted molar refractivity (Wildman–Crippen MR) is 77.4 cm³/mol. The zero-order valence-corrected chi connectivity index (χ0v) is 12.1.